The van der Waals surface area contributed by atoms with Crippen molar-refractivity contribution in [2.75, 3.05) is 6.79 Å². The lowest BCUT2D eigenvalue weighted by molar-refractivity contribution is -0.131. The van der Waals surface area contributed by atoms with Gasteiger partial charge in [0.25, 0.3) is 0 Å². The Morgan fingerprint density at radius 3 is 2.39 bits per heavy atom. The third-order valence-electron chi connectivity index (χ3n) is 4.66. The van der Waals surface area contributed by atoms with Crippen molar-refractivity contribution in [1.29, 1.82) is 0 Å². The SMILES string of the molecule is C=C[C@@H]1OC(c2ccccc2)=N[C@@H](CC(C)C)[C@@H]1OCOCc1ccccc1. The molecule has 0 bridgehead atoms. The Bertz CT molecular complexity index is 758. The molecule has 4 nitrogen and oxygen atoms in total. The molecule has 0 spiro atoms. The summed E-state index contributed by atoms with van der Waals surface area (Å²) in [6, 6.07) is 20.0. The van der Waals surface area contributed by atoms with Gasteiger partial charge in [0, 0.05) is 5.56 Å². The Morgan fingerprint density at radius 2 is 1.75 bits per heavy atom. The van der Waals surface area contributed by atoms with Gasteiger partial charge in [-0.25, -0.2) is 4.99 Å². The molecule has 0 saturated carbocycles. The van der Waals surface area contributed by atoms with Gasteiger partial charge in [-0.15, -0.1) is 0 Å². The van der Waals surface area contributed by atoms with E-state index in [0.717, 1.165) is 17.5 Å². The summed E-state index contributed by atoms with van der Waals surface area (Å²) < 4.78 is 17.9. The van der Waals surface area contributed by atoms with Gasteiger partial charge in [0.2, 0.25) is 5.90 Å². The number of nitrogens with zero attached hydrogens (tertiary/aromatic N) is 1. The summed E-state index contributed by atoms with van der Waals surface area (Å²) in [5.74, 6) is 1.15. The summed E-state index contributed by atoms with van der Waals surface area (Å²) in [6.45, 7) is 9.05. The first-order valence-electron chi connectivity index (χ1n) is 9.83. The van der Waals surface area contributed by atoms with Crippen LogP contribution in [-0.2, 0) is 20.8 Å². The average molecular weight is 380 g/mol. The van der Waals surface area contributed by atoms with E-state index in [2.05, 4.69) is 20.4 Å². The van der Waals surface area contributed by atoms with Crippen LogP contribution < -0.4 is 0 Å². The molecule has 1 aliphatic rings. The predicted molar refractivity (Wildman–Crippen MR) is 112 cm³/mol. The third-order valence-corrected chi connectivity index (χ3v) is 4.66. The van der Waals surface area contributed by atoms with E-state index in [-0.39, 0.29) is 25.0 Å². The minimum Gasteiger partial charge on any atom is -0.467 e. The number of benzene rings is 2. The van der Waals surface area contributed by atoms with Gasteiger partial charge in [0.15, 0.2) is 0 Å². The molecule has 28 heavy (non-hydrogen) atoms. The molecule has 2 aromatic carbocycles. The maximum atomic E-state index is 6.11. The van der Waals surface area contributed by atoms with Gasteiger partial charge in [-0.05, 0) is 36.1 Å². The van der Waals surface area contributed by atoms with Crippen molar-refractivity contribution in [2.45, 2.75) is 45.1 Å². The summed E-state index contributed by atoms with van der Waals surface area (Å²) >= 11 is 0. The molecule has 4 heteroatoms. The Kier molecular flexibility index (Phi) is 7.40. The van der Waals surface area contributed by atoms with Crippen LogP contribution in [0, 0.1) is 5.92 Å². The number of aliphatic imine (C=N–C) groups is 1. The van der Waals surface area contributed by atoms with Gasteiger partial charge in [-0.3, -0.25) is 0 Å². The van der Waals surface area contributed by atoms with E-state index in [9.17, 15) is 0 Å². The van der Waals surface area contributed by atoms with Crippen LogP contribution in [0.4, 0.5) is 0 Å². The Labute approximate surface area is 167 Å². The van der Waals surface area contributed by atoms with Gasteiger partial charge >= 0.3 is 0 Å². The molecule has 0 N–H and O–H groups in total. The molecule has 2 aromatic rings. The van der Waals surface area contributed by atoms with E-state index >= 15 is 0 Å². The van der Waals surface area contributed by atoms with Gasteiger partial charge in [0.1, 0.15) is 19.0 Å². The molecule has 0 radical (unpaired) electrons. The third kappa shape index (κ3) is 5.54. The Balaban J connectivity index is 1.68. The average Bonchev–Trinajstić information content (AvgIpc) is 2.72. The highest BCUT2D eigenvalue weighted by atomic mass is 16.7. The molecular formula is C24H29NO3. The molecule has 1 aliphatic heterocycles. The largest absolute Gasteiger partial charge is 0.467 e. The number of hydrogen-bond acceptors (Lipinski definition) is 4. The summed E-state index contributed by atoms with van der Waals surface area (Å²) in [5.41, 5.74) is 2.09. The van der Waals surface area contributed by atoms with Crippen LogP contribution >= 0.6 is 0 Å². The van der Waals surface area contributed by atoms with E-state index in [0.29, 0.717) is 18.4 Å². The van der Waals surface area contributed by atoms with Gasteiger partial charge in [-0.1, -0.05) is 69.0 Å². The van der Waals surface area contributed by atoms with Crippen LogP contribution in [0.1, 0.15) is 31.4 Å². The first-order chi connectivity index (χ1) is 13.7. The molecule has 3 rings (SSSR count). The molecule has 148 valence electrons. The number of hydrogen-bond donors (Lipinski definition) is 0. The standard InChI is InChI=1S/C24H29NO3/c1-4-22-23(27-17-26-16-19-11-7-5-8-12-19)21(15-18(2)3)25-24(28-22)20-13-9-6-10-14-20/h4-14,18,21-23H,1,15-17H2,2-3H3/t21-,22-,23-/m0/s1. The quantitative estimate of drug-likeness (QED) is 0.350. The van der Waals surface area contributed by atoms with Crippen LogP contribution in [0.25, 0.3) is 0 Å². The minimum atomic E-state index is -0.267. The molecule has 0 fully saturated rings. The smallest absolute Gasteiger partial charge is 0.217 e. The van der Waals surface area contributed by atoms with E-state index < -0.39 is 0 Å². The maximum absolute atomic E-state index is 6.11. The van der Waals surface area contributed by atoms with Crippen LogP contribution in [0.15, 0.2) is 78.3 Å². The molecule has 1 heterocycles. The molecule has 0 aromatic heterocycles. The molecule has 0 saturated heterocycles. The van der Waals surface area contributed by atoms with Gasteiger partial charge in [-0.2, -0.15) is 0 Å². The molecular weight excluding hydrogens is 350 g/mol. The number of rotatable bonds is 9. The second-order valence-electron chi connectivity index (χ2n) is 7.40. The molecule has 0 aliphatic carbocycles. The lowest BCUT2D eigenvalue weighted by atomic mass is 9.95. The van der Waals surface area contributed by atoms with Gasteiger partial charge < -0.3 is 14.2 Å². The second kappa shape index (κ2) is 10.2. The lowest BCUT2D eigenvalue weighted by Gasteiger charge is -2.35. The zero-order valence-corrected chi connectivity index (χ0v) is 16.7. The topological polar surface area (TPSA) is 40.0 Å². The maximum Gasteiger partial charge on any atom is 0.217 e. The highest BCUT2D eigenvalue weighted by molar-refractivity contribution is 5.94. The monoisotopic (exact) mass is 379 g/mol. The summed E-state index contributed by atoms with van der Waals surface area (Å²) in [6.07, 6.45) is 2.22. The van der Waals surface area contributed by atoms with Crippen molar-refractivity contribution in [3.63, 3.8) is 0 Å². The van der Waals surface area contributed by atoms with E-state index in [1.54, 1.807) is 6.08 Å². The fourth-order valence-corrected chi connectivity index (χ4v) is 3.31. The van der Waals surface area contributed by atoms with Crippen molar-refractivity contribution < 1.29 is 14.2 Å². The fraction of sp³-hybridized carbons (Fsp3) is 0.375. The summed E-state index contributed by atoms with van der Waals surface area (Å²) in [7, 11) is 0. The second-order valence-corrected chi connectivity index (χ2v) is 7.40. The van der Waals surface area contributed by atoms with Crippen molar-refractivity contribution in [1.82, 2.24) is 0 Å². The van der Waals surface area contributed by atoms with Crippen molar-refractivity contribution in [2.24, 2.45) is 10.9 Å². The van der Waals surface area contributed by atoms with Gasteiger partial charge in [0.05, 0.1) is 12.6 Å². The van der Waals surface area contributed by atoms with Crippen LogP contribution in [0.2, 0.25) is 0 Å². The summed E-state index contributed by atoms with van der Waals surface area (Å²) in [4.78, 5) is 4.87. The molecule has 3 atom stereocenters. The highest BCUT2D eigenvalue weighted by Gasteiger charge is 2.36. The summed E-state index contributed by atoms with van der Waals surface area (Å²) in [5, 5.41) is 0. The first kappa shape index (κ1) is 20.3. The minimum absolute atomic E-state index is 0.00715. The normalized spacial score (nSPS) is 21.8. The molecule has 0 amide bonds. The van der Waals surface area contributed by atoms with Crippen molar-refractivity contribution in [3.8, 4) is 0 Å². The van der Waals surface area contributed by atoms with Crippen molar-refractivity contribution in [3.05, 3.63) is 84.4 Å². The number of ether oxygens (including phenoxy) is 3. The van der Waals surface area contributed by atoms with Crippen LogP contribution in [0.3, 0.4) is 0 Å². The Hall–Kier alpha value is -2.43. The fourth-order valence-electron chi connectivity index (χ4n) is 3.31. The predicted octanol–water partition coefficient (Wildman–Crippen LogP) is 4.99. The highest BCUT2D eigenvalue weighted by Crippen LogP contribution is 2.26. The van der Waals surface area contributed by atoms with E-state index in [1.165, 1.54) is 0 Å². The Morgan fingerprint density at radius 1 is 1.07 bits per heavy atom. The van der Waals surface area contributed by atoms with E-state index in [4.69, 9.17) is 19.2 Å². The first-order valence-corrected chi connectivity index (χ1v) is 9.83. The van der Waals surface area contributed by atoms with Crippen LogP contribution in [-0.4, -0.2) is 30.9 Å². The van der Waals surface area contributed by atoms with E-state index in [1.807, 2.05) is 60.7 Å². The van der Waals surface area contributed by atoms with Crippen molar-refractivity contribution >= 4 is 5.90 Å². The van der Waals surface area contributed by atoms with Crippen LogP contribution in [0.5, 0.6) is 0 Å². The molecule has 0 unspecified atom stereocenters. The lowest BCUT2D eigenvalue weighted by Crippen LogP contribution is -2.46. The zero-order chi connectivity index (χ0) is 19.8. The zero-order valence-electron chi connectivity index (χ0n) is 16.7.